The first-order chi connectivity index (χ1) is 40.0. The lowest BCUT2D eigenvalue weighted by molar-refractivity contribution is -0.142. The number of carbonyl (C=O) groups is 8. The Kier molecular flexibility index (Phi) is 19.7. The minimum absolute atomic E-state index is 0.0101. The summed E-state index contributed by atoms with van der Waals surface area (Å²) in [7, 11) is 0. The van der Waals surface area contributed by atoms with Gasteiger partial charge in [-0.3, -0.25) is 38.9 Å². The van der Waals surface area contributed by atoms with Crippen LogP contribution in [0.3, 0.4) is 0 Å². The van der Waals surface area contributed by atoms with Crippen molar-refractivity contribution in [3.05, 3.63) is 203 Å². The Morgan fingerprint density at radius 3 is 1.11 bits per heavy atom. The third-order valence-electron chi connectivity index (χ3n) is 14.1. The van der Waals surface area contributed by atoms with Crippen LogP contribution in [-0.4, -0.2) is 120 Å². The Morgan fingerprint density at radius 2 is 0.699 bits per heavy atom. The van der Waals surface area contributed by atoms with Crippen LogP contribution in [-0.2, 0) is 76.9 Å². The number of aromatic hydroxyl groups is 2. The zero-order chi connectivity index (χ0) is 59.0. The first kappa shape index (κ1) is 58.9. The van der Waals surface area contributed by atoms with Crippen molar-refractivity contribution in [2.75, 3.05) is 0 Å². The van der Waals surface area contributed by atoms with Gasteiger partial charge in [0.25, 0.3) is 0 Å². The maximum atomic E-state index is 14.7. The van der Waals surface area contributed by atoms with E-state index in [1.165, 1.54) is 48.5 Å². The maximum absolute atomic E-state index is 14.7. The molecule has 0 aliphatic heterocycles. The Hall–Kier alpha value is -10.3. The summed E-state index contributed by atoms with van der Waals surface area (Å²) >= 11 is 0. The van der Waals surface area contributed by atoms with Gasteiger partial charge in [0, 0.05) is 66.3 Å². The molecular weight excluding hydrogens is 1060 g/mol. The number of aromatic nitrogens is 2. The van der Waals surface area contributed by atoms with Crippen LogP contribution < -0.4 is 37.6 Å². The molecule has 0 radical (unpaired) electrons. The van der Waals surface area contributed by atoms with E-state index in [0.29, 0.717) is 33.4 Å². The number of primary amides is 1. The minimum atomic E-state index is -1.78. The molecule has 8 rings (SSSR count). The molecule has 6 aromatic carbocycles. The van der Waals surface area contributed by atoms with Gasteiger partial charge in [-0.1, -0.05) is 121 Å². The highest BCUT2D eigenvalue weighted by Gasteiger charge is 2.36. The van der Waals surface area contributed by atoms with E-state index in [2.05, 4.69) is 41.9 Å². The number of carbonyl (C=O) groups excluding carboxylic acids is 6. The number of nitrogens with one attached hydrogen (secondary N) is 8. The van der Waals surface area contributed by atoms with E-state index in [1.54, 1.807) is 85.2 Å². The van der Waals surface area contributed by atoms with Gasteiger partial charge in [0.05, 0.1) is 12.5 Å². The van der Waals surface area contributed by atoms with Crippen LogP contribution in [0.2, 0.25) is 0 Å². The Balaban J connectivity index is 1.05. The monoisotopic (exact) mass is 1130 g/mol. The Labute approximate surface area is 476 Å². The van der Waals surface area contributed by atoms with Crippen LogP contribution in [0.15, 0.2) is 170 Å². The molecule has 0 fully saturated rings. The van der Waals surface area contributed by atoms with Gasteiger partial charge in [-0.05, 0) is 76.2 Å². The van der Waals surface area contributed by atoms with E-state index in [0.717, 1.165) is 21.8 Å². The SMILES string of the molecule is NC(=O)CC(NC(=O)C(Cc1ccccc1)NC(=O)C(Cc1ccccc1)NC(Cc1c[nH]c2ccccc12)C(=O)O)C(=O)NC(Cc1ccc(O)cc1)C(=O)NC(Cc1ccc(O)cc1)C(=O)NC(Cc1c[nH]c2ccccc12)C(=O)O. The van der Waals surface area contributed by atoms with Gasteiger partial charge in [-0.25, -0.2) is 4.79 Å². The van der Waals surface area contributed by atoms with Crippen LogP contribution in [0.1, 0.15) is 39.8 Å². The summed E-state index contributed by atoms with van der Waals surface area (Å²) in [6, 6.07) is 33.0. The molecule has 21 heteroatoms. The first-order valence-electron chi connectivity index (χ1n) is 26.7. The zero-order valence-electron chi connectivity index (χ0n) is 44.8. The fraction of sp³-hybridized carbons (Fsp3) is 0.226. The molecule has 83 heavy (non-hydrogen) atoms. The fourth-order valence-electron chi connectivity index (χ4n) is 9.76. The average Bonchev–Trinajstić information content (AvgIpc) is 4.33. The van der Waals surface area contributed by atoms with Crippen molar-refractivity contribution in [1.29, 1.82) is 0 Å². The van der Waals surface area contributed by atoms with Gasteiger partial charge < -0.3 is 62.7 Å². The molecule has 0 aliphatic carbocycles. The van der Waals surface area contributed by atoms with Crippen molar-refractivity contribution in [2.24, 2.45) is 5.73 Å². The topological polar surface area (TPSA) is 347 Å². The number of aliphatic carboxylic acids is 2. The smallest absolute Gasteiger partial charge is 0.326 e. The van der Waals surface area contributed by atoms with Crippen molar-refractivity contribution >= 4 is 69.2 Å². The van der Waals surface area contributed by atoms with Crippen molar-refractivity contribution in [3.63, 3.8) is 0 Å². The summed E-state index contributed by atoms with van der Waals surface area (Å²) in [6.07, 6.45) is 1.70. The lowest BCUT2D eigenvalue weighted by Crippen LogP contribution is -2.61. The van der Waals surface area contributed by atoms with E-state index in [4.69, 9.17) is 5.73 Å². The number of hydrogen-bond acceptors (Lipinski definition) is 11. The second-order valence-electron chi connectivity index (χ2n) is 20.2. The number of phenols is 2. The highest BCUT2D eigenvalue weighted by Crippen LogP contribution is 2.22. The third-order valence-corrected chi connectivity index (χ3v) is 14.1. The molecule has 0 saturated heterocycles. The van der Waals surface area contributed by atoms with Gasteiger partial charge in [0.1, 0.15) is 47.8 Å². The second-order valence-corrected chi connectivity index (χ2v) is 20.2. The van der Waals surface area contributed by atoms with Crippen LogP contribution in [0.5, 0.6) is 11.5 Å². The number of carboxylic acid groups (broad SMARTS) is 2. The summed E-state index contributed by atoms with van der Waals surface area (Å²) in [5.74, 6) is -8.52. The lowest BCUT2D eigenvalue weighted by Gasteiger charge is -2.28. The van der Waals surface area contributed by atoms with E-state index in [-0.39, 0.29) is 50.0 Å². The third kappa shape index (κ3) is 16.4. The van der Waals surface area contributed by atoms with E-state index < -0.39 is 96.1 Å². The largest absolute Gasteiger partial charge is 0.508 e. The zero-order valence-corrected chi connectivity index (χ0v) is 44.8. The highest BCUT2D eigenvalue weighted by atomic mass is 16.4. The summed E-state index contributed by atoms with van der Waals surface area (Å²) in [4.78, 5) is 118. The molecule has 8 aromatic rings. The number of carboxylic acids is 2. The van der Waals surface area contributed by atoms with Crippen LogP contribution in [0.4, 0.5) is 0 Å². The predicted molar refractivity (Wildman–Crippen MR) is 307 cm³/mol. The van der Waals surface area contributed by atoms with Gasteiger partial charge in [-0.15, -0.1) is 0 Å². The summed E-state index contributed by atoms with van der Waals surface area (Å²) in [5, 5.41) is 58.7. The fourth-order valence-corrected chi connectivity index (χ4v) is 9.76. The number of phenolic OH excluding ortho intramolecular Hbond substituents is 2. The minimum Gasteiger partial charge on any atom is -0.508 e. The van der Waals surface area contributed by atoms with E-state index >= 15 is 0 Å². The Morgan fingerprint density at radius 1 is 0.373 bits per heavy atom. The van der Waals surface area contributed by atoms with Crippen molar-refractivity contribution < 1.29 is 58.8 Å². The molecule has 0 aliphatic rings. The number of aromatic amines is 2. The molecule has 7 unspecified atom stereocenters. The van der Waals surface area contributed by atoms with Crippen molar-refractivity contribution in [1.82, 2.24) is 41.9 Å². The van der Waals surface area contributed by atoms with Crippen LogP contribution >= 0.6 is 0 Å². The molecule has 14 N–H and O–H groups in total. The van der Waals surface area contributed by atoms with Crippen LogP contribution in [0, 0.1) is 0 Å². The van der Waals surface area contributed by atoms with Crippen molar-refractivity contribution in [2.45, 2.75) is 87.2 Å². The number of para-hydroxylation sites is 2. The average molecular weight is 1130 g/mol. The molecule has 2 heterocycles. The summed E-state index contributed by atoms with van der Waals surface area (Å²) in [6.45, 7) is 0. The quantitative estimate of drug-likeness (QED) is 0.0334. The number of fused-ring (bicyclic) bond motifs is 2. The number of H-pyrrole nitrogens is 2. The molecule has 0 bridgehead atoms. The molecule has 428 valence electrons. The maximum Gasteiger partial charge on any atom is 0.326 e. The molecule has 2 aromatic heterocycles. The van der Waals surface area contributed by atoms with E-state index in [1.807, 2.05) is 36.4 Å². The van der Waals surface area contributed by atoms with E-state index in [9.17, 15) is 58.8 Å². The van der Waals surface area contributed by atoms with Crippen LogP contribution in [0.25, 0.3) is 21.8 Å². The first-order valence-corrected chi connectivity index (χ1v) is 26.7. The van der Waals surface area contributed by atoms with Crippen molar-refractivity contribution in [3.8, 4) is 11.5 Å². The Bertz CT molecular complexity index is 3570. The lowest BCUT2D eigenvalue weighted by atomic mass is 9.99. The molecule has 7 atom stereocenters. The predicted octanol–water partition coefficient (Wildman–Crippen LogP) is 3.61. The second kappa shape index (κ2) is 27.7. The number of benzene rings is 6. The summed E-state index contributed by atoms with van der Waals surface area (Å²) < 4.78 is 0. The molecule has 0 saturated carbocycles. The molecule has 0 spiro atoms. The standard InChI is InChI=1S/C62H63N9O12/c63-55(74)33-52(70-58(77)49(28-37-13-5-2-6-14-37)67-56(75)48(27-36-11-3-1-4-12-36)66-53(61(80)81)31-40-34-64-46-17-9-7-15-44(40)46)60(79)69-50(29-38-19-23-42(72)24-20-38)57(76)68-51(30-39-21-25-43(73)26-22-39)59(78)71-54(62(82)83)32-41-35-65-47-18-10-8-16-45(41)47/h1-26,34-35,48-54,64-66,72-73H,27-33H2,(H2,63,74)(H,67,75)(H,68,76)(H,69,79)(H,70,77)(H,71,78)(H,80,81)(H,82,83). The molecule has 21 nitrogen and oxygen atoms in total. The number of rotatable bonds is 28. The van der Waals surface area contributed by atoms with Gasteiger partial charge in [-0.2, -0.15) is 0 Å². The van der Waals surface area contributed by atoms with Gasteiger partial charge in [0.15, 0.2) is 0 Å². The number of amides is 6. The molecule has 6 amide bonds. The van der Waals surface area contributed by atoms with Gasteiger partial charge in [0.2, 0.25) is 35.4 Å². The molecular formula is C62H63N9O12. The van der Waals surface area contributed by atoms with Gasteiger partial charge >= 0.3 is 11.9 Å². The number of nitrogens with two attached hydrogens (primary N) is 1. The highest BCUT2D eigenvalue weighted by molar-refractivity contribution is 5.98. The summed E-state index contributed by atoms with van der Waals surface area (Å²) in [5.41, 5.74) is 10.6. The number of hydrogen-bond donors (Lipinski definition) is 13. The normalized spacial score (nSPS) is 13.7.